The predicted octanol–water partition coefficient (Wildman–Crippen LogP) is 3.16. The van der Waals surface area contributed by atoms with Crippen molar-refractivity contribution < 1.29 is 0 Å². The van der Waals surface area contributed by atoms with Crippen molar-refractivity contribution in [3.8, 4) is 0 Å². The highest BCUT2D eigenvalue weighted by atomic mass is 14.3. The fourth-order valence-corrected chi connectivity index (χ4v) is 2.28. The highest BCUT2D eigenvalue weighted by Crippen LogP contribution is 2.44. The summed E-state index contributed by atoms with van der Waals surface area (Å²) in [6.07, 6.45) is 3.31. The van der Waals surface area contributed by atoms with Gasteiger partial charge in [0.25, 0.3) is 0 Å². The predicted molar refractivity (Wildman–Crippen MR) is 61.8 cm³/mol. The Bertz CT molecular complexity index is 330. The third kappa shape index (κ3) is 1.60. The van der Waals surface area contributed by atoms with Crippen LogP contribution in [0.25, 0.3) is 0 Å². The Hall–Kier alpha value is -0.715. The molecule has 1 atom stereocenters. The first-order valence-corrected chi connectivity index (χ1v) is 5.47. The second-order valence-corrected chi connectivity index (χ2v) is 4.83. The van der Waals surface area contributed by atoms with Crippen molar-refractivity contribution in [2.45, 2.75) is 38.4 Å². The van der Waals surface area contributed by atoms with Crippen molar-refractivity contribution in [3.63, 3.8) is 0 Å². The normalized spacial score (nSPS) is 26.2. The maximum atomic E-state index is 6.42. The molecular weight excluding hydrogens is 167 g/mol. The Morgan fingerprint density at radius 1 is 1.21 bits per heavy atom. The molecule has 1 aromatic carbocycles. The summed E-state index contributed by atoms with van der Waals surface area (Å²) >= 11 is 0. The molecule has 0 N–H and O–H groups in total. The SMILES string of the molecule is [B]C1(C(C)C)CCc2ccccc2C1. The molecule has 0 aromatic heterocycles. The van der Waals surface area contributed by atoms with Gasteiger partial charge < -0.3 is 0 Å². The van der Waals surface area contributed by atoms with E-state index in [4.69, 9.17) is 7.85 Å². The molecule has 0 bridgehead atoms. The summed E-state index contributed by atoms with van der Waals surface area (Å²) < 4.78 is 0. The monoisotopic (exact) mass is 184 g/mol. The van der Waals surface area contributed by atoms with Gasteiger partial charge in [0, 0.05) is 0 Å². The van der Waals surface area contributed by atoms with Crippen LogP contribution < -0.4 is 0 Å². The van der Waals surface area contributed by atoms with E-state index in [1.54, 1.807) is 0 Å². The summed E-state index contributed by atoms with van der Waals surface area (Å²) in [5.74, 6) is 0.566. The minimum atomic E-state index is 0.0222. The first kappa shape index (κ1) is 9.83. The summed E-state index contributed by atoms with van der Waals surface area (Å²) in [5, 5.41) is 0.0222. The molecule has 1 aliphatic carbocycles. The molecule has 1 aliphatic rings. The molecule has 1 aromatic rings. The van der Waals surface area contributed by atoms with Gasteiger partial charge >= 0.3 is 0 Å². The van der Waals surface area contributed by atoms with E-state index in [-0.39, 0.29) is 5.31 Å². The van der Waals surface area contributed by atoms with Gasteiger partial charge in [-0.3, -0.25) is 0 Å². The molecule has 0 saturated heterocycles. The number of benzene rings is 1. The number of rotatable bonds is 1. The average Bonchev–Trinajstić information content (AvgIpc) is 2.17. The van der Waals surface area contributed by atoms with E-state index in [0.29, 0.717) is 5.92 Å². The van der Waals surface area contributed by atoms with Gasteiger partial charge in [0.2, 0.25) is 0 Å². The molecule has 1 heteroatoms. The first-order valence-electron chi connectivity index (χ1n) is 5.47. The van der Waals surface area contributed by atoms with Crippen molar-refractivity contribution in [1.29, 1.82) is 0 Å². The second kappa shape index (κ2) is 3.45. The summed E-state index contributed by atoms with van der Waals surface area (Å²) in [6.45, 7) is 4.46. The third-order valence-corrected chi connectivity index (χ3v) is 3.65. The number of hydrogen-bond acceptors (Lipinski definition) is 0. The van der Waals surface area contributed by atoms with E-state index in [1.807, 2.05) is 0 Å². The molecule has 14 heavy (non-hydrogen) atoms. The van der Waals surface area contributed by atoms with Crippen LogP contribution in [0.3, 0.4) is 0 Å². The average molecular weight is 184 g/mol. The van der Waals surface area contributed by atoms with Crippen LogP contribution in [0.5, 0.6) is 0 Å². The Labute approximate surface area is 88.1 Å². The molecule has 72 valence electrons. The molecule has 2 radical (unpaired) electrons. The largest absolute Gasteiger partial charge is 0.0754 e. The molecule has 0 aliphatic heterocycles. The maximum absolute atomic E-state index is 6.42. The van der Waals surface area contributed by atoms with Crippen molar-refractivity contribution in [1.82, 2.24) is 0 Å². The van der Waals surface area contributed by atoms with Gasteiger partial charge in [0.05, 0.1) is 7.85 Å². The lowest BCUT2D eigenvalue weighted by Crippen LogP contribution is -2.27. The number of hydrogen-bond donors (Lipinski definition) is 0. The van der Waals surface area contributed by atoms with Gasteiger partial charge in [0.1, 0.15) is 0 Å². The van der Waals surface area contributed by atoms with E-state index in [0.717, 1.165) is 19.3 Å². The minimum absolute atomic E-state index is 0.0222. The van der Waals surface area contributed by atoms with Crippen LogP contribution in [-0.4, -0.2) is 7.85 Å². The lowest BCUT2D eigenvalue weighted by molar-refractivity contribution is 0.366. The molecule has 0 fully saturated rings. The van der Waals surface area contributed by atoms with Crippen LogP contribution in [0, 0.1) is 5.92 Å². The molecular formula is C13H17B. The molecule has 2 rings (SSSR count). The van der Waals surface area contributed by atoms with Crippen LogP contribution >= 0.6 is 0 Å². The zero-order valence-electron chi connectivity index (χ0n) is 9.09. The zero-order chi connectivity index (χ0) is 10.2. The summed E-state index contributed by atoms with van der Waals surface area (Å²) in [4.78, 5) is 0. The van der Waals surface area contributed by atoms with Gasteiger partial charge in [-0.05, 0) is 29.9 Å². The van der Waals surface area contributed by atoms with E-state index >= 15 is 0 Å². The molecule has 0 nitrogen and oxygen atoms in total. The molecule has 0 spiro atoms. The molecule has 0 heterocycles. The number of fused-ring (bicyclic) bond motifs is 1. The van der Waals surface area contributed by atoms with Gasteiger partial charge in [-0.15, -0.1) is 0 Å². The zero-order valence-corrected chi connectivity index (χ0v) is 9.09. The van der Waals surface area contributed by atoms with Crippen LogP contribution in [0.4, 0.5) is 0 Å². The topological polar surface area (TPSA) is 0 Å². The molecule has 0 amide bonds. The molecule has 1 unspecified atom stereocenters. The summed E-state index contributed by atoms with van der Waals surface area (Å²) in [6, 6.07) is 8.69. The highest BCUT2D eigenvalue weighted by molar-refractivity contribution is 6.15. The van der Waals surface area contributed by atoms with Crippen molar-refractivity contribution >= 4 is 7.85 Å². The van der Waals surface area contributed by atoms with Crippen LogP contribution in [0.15, 0.2) is 24.3 Å². The fraction of sp³-hybridized carbons (Fsp3) is 0.538. The van der Waals surface area contributed by atoms with E-state index in [2.05, 4.69) is 38.1 Å². The summed E-state index contributed by atoms with van der Waals surface area (Å²) in [7, 11) is 6.42. The first-order chi connectivity index (χ1) is 6.62. The van der Waals surface area contributed by atoms with Crippen LogP contribution in [0.1, 0.15) is 31.4 Å². The Morgan fingerprint density at radius 2 is 1.86 bits per heavy atom. The van der Waals surface area contributed by atoms with Gasteiger partial charge in [0.15, 0.2) is 0 Å². The van der Waals surface area contributed by atoms with Crippen LogP contribution in [-0.2, 0) is 12.8 Å². The van der Waals surface area contributed by atoms with Crippen molar-refractivity contribution in [3.05, 3.63) is 35.4 Å². The van der Waals surface area contributed by atoms with E-state index in [9.17, 15) is 0 Å². The molecule has 0 saturated carbocycles. The highest BCUT2D eigenvalue weighted by Gasteiger charge is 2.31. The standard InChI is InChI=1S/C13H17B/c1-10(2)13(14)8-7-11-5-3-4-6-12(11)9-13/h3-6,10H,7-9H2,1-2H3. The summed E-state index contributed by atoms with van der Waals surface area (Å²) in [5.41, 5.74) is 2.95. The Balaban J connectivity index is 2.29. The van der Waals surface area contributed by atoms with Gasteiger partial charge in [-0.2, -0.15) is 0 Å². The lowest BCUT2D eigenvalue weighted by atomic mass is 9.54. The third-order valence-electron chi connectivity index (χ3n) is 3.65. The minimum Gasteiger partial charge on any atom is -0.0629 e. The second-order valence-electron chi connectivity index (χ2n) is 4.83. The van der Waals surface area contributed by atoms with Gasteiger partial charge in [-0.25, -0.2) is 0 Å². The smallest absolute Gasteiger partial charge is 0.0629 e. The maximum Gasteiger partial charge on any atom is 0.0754 e. The van der Waals surface area contributed by atoms with E-state index in [1.165, 1.54) is 11.1 Å². The van der Waals surface area contributed by atoms with Gasteiger partial charge in [-0.1, -0.05) is 49.8 Å². The van der Waals surface area contributed by atoms with E-state index < -0.39 is 0 Å². The fourth-order valence-electron chi connectivity index (χ4n) is 2.28. The Morgan fingerprint density at radius 3 is 2.50 bits per heavy atom. The van der Waals surface area contributed by atoms with Crippen LogP contribution in [0.2, 0.25) is 5.31 Å². The van der Waals surface area contributed by atoms with Crippen molar-refractivity contribution in [2.75, 3.05) is 0 Å². The van der Waals surface area contributed by atoms with Crippen molar-refractivity contribution in [2.24, 2.45) is 5.92 Å². The lowest BCUT2D eigenvalue weighted by Gasteiger charge is -2.39. The Kier molecular flexibility index (Phi) is 2.42. The quantitative estimate of drug-likeness (QED) is 0.588. The number of aryl methyl sites for hydroxylation is 1.